The second-order valence-corrected chi connectivity index (χ2v) is 4.28. The molecule has 2 heterocycles. The highest BCUT2D eigenvalue weighted by atomic mass is 79.9. The van der Waals surface area contributed by atoms with Crippen LogP contribution in [0.1, 0.15) is 5.89 Å². The topological polar surface area (TPSA) is 74.2 Å². The van der Waals surface area contributed by atoms with Crippen molar-refractivity contribution in [3.8, 4) is 10.7 Å². The summed E-state index contributed by atoms with van der Waals surface area (Å²) in [5.41, 5.74) is 0. The molecule has 74 valence electrons. The number of aromatic nitrogens is 2. The van der Waals surface area contributed by atoms with Gasteiger partial charge in [0.1, 0.15) is 6.61 Å². The molecular formula is C7H6BrN3O2S. The van der Waals surface area contributed by atoms with Crippen LogP contribution in [0, 0.1) is 0 Å². The lowest BCUT2D eigenvalue weighted by molar-refractivity contribution is 0.0996. The summed E-state index contributed by atoms with van der Waals surface area (Å²) in [5, 5.41) is 5.74. The molecule has 2 rings (SSSR count). The normalized spacial score (nSPS) is 10.7. The molecule has 0 radical (unpaired) electrons. The predicted octanol–water partition coefficient (Wildman–Crippen LogP) is 1.95. The van der Waals surface area contributed by atoms with Gasteiger partial charge < -0.3 is 4.52 Å². The van der Waals surface area contributed by atoms with Crippen molar-refractivity contribution in [1.29, 1.82) is 0 Å². The minimum Gasteiger partial charge on any atom is -0.336 e. The lowest BCUT2D eigenvalue weighted by Gasteiger charge is -1.86. The van der Waals surface area contributed by atoms with Gasteiger partial charge in [-0.15, -0.1) is 11.3 Å². The van der Waals surface area contributed by atoms with Gasteiger partial charge in [-0.25, -0.2) is 5.90 Å². The van der Waals surface area contributed by atoms with Crippen molar-refractivity contribution in [2.45, 2.75) is 6.61 Å². The number of hydrogen-bond acceptors (Lipinski definition) is 6. The zero-order valence-corrected chi connectivity index (χ0v) is 9.34. The zero-order valence-electron chi connectivity index (χ0n) is 6.94. The molecule has 0 aliphatic heterocycles. The summed E-state index contributed by atoms with van der Waals surface area (Å²) in [5.74, 6) is 5.80. The van der Waals surface area contributed by atoms with Crippen LogP contribution in [0.15, 0.2) is 20.4 Å². The lowest BCUT2D eigenvalue weighted by Crippen LogP contribution is -1.98. The summed E-state index contributed by atoms with van der Waals surface area (Å²) in [7, 11) is 0. The van der Waals surface area contributed by atoms with Crippen molar-refractivity contribution in [2.24, 2.45) is 5.90 Å². The molecular weight excluding hydrogens is 270 g/mol. The van der Waals surface area contributed by atoms with Crippen LogP contribution < -0.4 is 5.90 Å². The molecule has 5 nitrogen and oxygen atoms in total. The average Bonchev–Trinajstić information content (AvgIpc) is 2.74. The Hall–Kier alpha value is -0.760. The van der Waals surface area contributed by atoms with E-state index in [0.29, 0.717) is 11.7 Å². The monoisotopic (exact) mass is 275 g/mol. The molecule has 2 aromatic rings. The highest BCUT2D eigenvalue weighted by Gasteiger charge is 2.09. The maximum Gasteiger partial charge on any atom is 0.255 e. The molecule has 14 heavy (non-hydrogen) atoms. The number of rotatable bonds is 3. The number of nitrogens with zero attached hydrogens (tertiary/aromatic N) is 2. The van der Waals surface area contributed by atoms with Crippen LogP contribution in [-0.2, 0) is 11.4 Å². The zero-order chi connectivity index (χ0) is 9.97. The predicted molar refractivity (Wildman–Crippen MR) is 54.3 cm³/mol. The maximum atomic E-state index is 4.89. The van der Waals surface area contributed by atoms with E-state index in [1.54, 1.807) is 0 Å². The molecule has 0 aromatic carbocycles. The van der Waals surface area contributed by atoms with Gasteiger partial charge >= 0.3 is 0 Å². The van der Waals surface area contributed by atoms with E-state index in [1.807, 2.05) is 11.4 Å². The maximum absolute atomic E-state index is 4.89. The first-order valence-corrected chi connectivity index (χ1v) is 5.35. The molecule has 0 atom stereocenters. The lowest BCUT2D eigenvalue weighted by atomic mass is 10.4. The Kier molecular flexibility index (Phi) is 2.92. The van der Waals surface area contributed by atoms with E-state index in [-0.39, 0.29) is 6.61 Å². The summed E-state index contributed by atoms with van der Waals surface area (Å²) >= 11 is 4.88. The third-order valence-corrected chi connectivity index (χ3v) is 3.15. The van der Waals surface area contributed by atoms with E-state index in [4.69, 9.17) is 10.4 Å². The summed E-state index contributed by atoms with van der Waals surface area (Å²) in [6, 6.07) is 1.92. The highest BCUT2D eigenvalue weighted by molar-refractivity contribution is 9.10. The molecule has 0 saturated carbocycles. The third-order valence-electron chi connectivity index (χ3n) is 1.46. The molecule has 0 unspecified atom stereocenters. The van der Waals surface area contributed by atoms with Crippen LogP contribution in [0.5, 0.6) is 0 Å². The minimum absolute atomic E-state index is 0.125. The van der Waals surface area contributed by atoms with E-state index in [1.165, 1.54) is 11.3 Å². The van der Waals surface area contributed by atoms with Gasteiger partial charge in [-0.3, -0.25) is 4.84 Å². The fraction of sp³-hybridized carbons (Fsp3) is 0.143. The Morgan fingerprint density at radius 2 is 2.50 bits per heavy atom. The van der Waals surface area contributed by atoms with E-state index < -0.39 is 0 Å². The molecule has 0 amide bonds. The molecule has 0 aliphatic rings. The molecule has 0 bridgehead atoms. The van der Waals surface area contributed by atoms with Crippen LogP contribution >= 0.6 is 27.3 Å². The van der Waals surface area contributed by atoms with Crippen molar-refractivity contribution < 1.29 is 9.36 Å². The number of nitrogens with two attached hydrogens (primary N) is 1. The second-order valence-electron chi connectivity index (χ2n) is 2.45. The number of hydrogen-bond donors (Lipinski definition) is 1. The summed E-state index contributed by atoms with van der Waals surface area (Å²) in [4.78, 5) is 9.40. The molecule has 2 N–H and O–H groups in total. The fourth-order valence-corrected chi connectivity index (χ4v) is 2.27. The highest BCUT2D eigenvalue weighted by Crippen LogP contribution is 2.27. The van der Waals surface area contributed by atoms with Gasteiger partial charge in [0.15, 0.2) is 0 Å². The Balaban J connectivity index is 2.24. The second kappa shape index (κ2) is 4.18. The van der Waals surface area contributed by atoms with Crippen LogP contribution in [0.4, 0.5) is 0 Å². The number of thiophene rings is 1. The SMILES string of the molecule is NOCc1nc(-c2cc(Br)cs2)no1. The summed E-state index contributed by atoms with van der Waals surface area (Å²) in [6.45, 7) is 0.125. The van der Waals surface area contributed by atoms with Crippen LogP contribution in [0.2, 0.25) is 0 Å². The van der Waals surface area contributed by atoms with Gasteiger partial charge in [0.25, 0.3) is 5.89 Å². The van der Waals surface area contributed by atoms with Crippen LogP contribution in [-0.4, -0.2) is 10.1 Å². The smallest absolute Gasteiger partial charge is 0.255 e. The minimum atomic E-state index is 0.125. The fourth-order valence-electron chi connectivity index (χ4n) is 0.915. The van der Waals surface area contributed by atoms with Gasteiger partial charge in [-0.1, -0.05) is 5.16 Å². The van der Waals surface area contributed by atoms with E-state index in [0.717, 1.165) is 9.35 Å². The van der Waals surface area contributed by atoms with Gasteiger partial charge in [0, 0.05) is 9.85 Å². The Labute approximate surface area is 92.0 Å². The van der Waals surface area contributed by atoms with E-state index >= 15 is 0 Å². The summed E-state index contributed by atoms with van der Waals surface area (Å²) in [6.07, 6.45) is 0. The van der Waals surface area contributed by atoms with E-state index in [9.17, 15) is 0 Å². The number of halogens is 1. The van der Waals surface area contributed by atoms with Crippen LogP contribution in [0.3, 0.4) is 0 Å². The van der Waals surface area contributed by atoms with Gasteiger partial charge in [0.2, 0.25) is 5.82 Å². The molecule has 7 heteroatoms. The van der Waals surface area contributed by atoms with Gasteiger partial charge in [0.05, 0.1) is 4.88 Å². The first-order chi connectivity index (χ1) is 6.79. The third kappa shape index (κ3) is 2.01. The quantitative estimate of drug-likeness (QED) is 0.867. The molecule has 0 fully saturated rings. The molecule has 0 aliphatic carbocycles. The Morgan fingerprint density at radius 3 is 3.14 bits per heavy atom. The van der Waals surface area contributed by atoms with Crippen molar-refractivity contribution in [2.75, 3.05) is 0 Å². The van der Waals surface area contributed by atoms with Crippen LogP contribution in [0.25, 0.3) is 10.7 Å². The van der Waals surface area contributed by atoms with Crippen molar-refractivity contribution in [3.05, 3.63) is 21.8 Å². The molecule has 0 spiro atoms. The first-order valence-electron chi connectivity index (χ1n) is 3.68. The molecule has 2 aromatic heterocycles. The average molecular weight is 276 g/mol. The van der Waals surface area contributed by atoms with Gasteiger partial charge in [-0.05, 0) is 22.0 Å². The largest absolute Gasteiger partial charge is 0.336 e. The van der Waals surface area contributed by atoms with Gasteiger partial charge in [-0.2, -0.15) is 4.98 Å². The Morgan fingerprint density at radius 1 is 1.64 bits per heavy atom. The van der Waals surface area contributed by atoms with Crippen molar-refractivity contribution in [3.63, 3.8) is 0 Å². The standard InChI is InChI=1S/C7H6BrN3O2S/c8-4-1-5(14-3-4)7-10-6(2-12-9)13-11-7/h1,3H,2,9H2. The van der Waals surface area contributed by atoms with Crippen molar-refractivity contribution in [1.82, 2.24) is 10.1 Å². The Bertz CT molecular complexity index is 428. The summed E-state index contributed by atoms with van der Waals surface area (Å²) < 4.78 is 5.89. The first kappa shape index (κ1) is 9.78. The van der Waals surface area contributed by atoms with Crippen molar-refractivity contribution >= 4 is 27.3 Å². The van der Waals surface area contributed by atoms with E-state index in [2.05, 4.69) is 30.9 Å². The molecule has 0 saturated heterocycles.